The molecule has 7 nitrogen and oxygen atoms in total. The van der Waals surface area contributed by atoms with Gasteiger partial charge in [-0.1, -0.05) is 78.5 Å². The number of carbonyl (C=O) groups excluding carboxylic acids is 4. The Morgan fingerprint density at radius 2 is 1.57 bits per heavy atom. The Balaban J connectivity index is 1.20. The number of amides is 3. The number of esters is 1. The minimum absolute atomic E-state index is 0.0120. The van der Waals surface area contributed by atoms with Gasteiger partial charge in [0.05, 0.1) is 11.7 Å². The highest BCUT2D eigenvalue weighted by Crippen LogP contribution is 2.26. The molecule has 3 amide bonds. The van der Waals surface area contributed by atoms with Crippen molar-refractivity contribution in [3.8, 4) is 16.9 Å². The van der Waals surface area contributed by atoms with Gasteiger partial charge in [0.25, 0.3) is 5.24 Å². The van der Waals surface area contributed by atoms with E-state index in [-0.39, 0.29) is 34.7 Å². The molecule has 0 radical (unpaired) electrons. The first-order valence-electron chi connectivity index (χ1n) is 12.9. The van der Waals surface area contributed by atoms with Crippen LogP contribution in [0.2, 0.25) is 0 Å². The molecule has 0 bridgehead atoms. The van der Waals surface area contributed by atoms with Gasteiger partial charge in [0.15, 0.2) is 0 Å². The van der Waals surface area contributed by atoms with E-state index in [1.807, 2.05) is 72.8 Å². The largest absolute Gasteiger partial charge is 0.427 e. The summed E-state index contributed by atoms with van der Waals surface area (Å²) in [5.74, 6) is -0.0892. The van der Waals surface area contributed by atoms with Gasteiger partial charge in [-0.3, -0.25) is 24.5 Å². The molecule has 202 valence electrons. The first-order chi connectivity index (χ1) is 19.2. The highest BCUT2D eigenvalue weighted by atomic mass is 32.2. The second-order valence-corrected chi connectivity index (χ2v) is 11.0. The maximum atomic E-state index is 13.0. The van der Waals surface area contributed by atoms with Crippen LogP contribution in [0, 0.1) is 0 Å². The summed E-state index contributed by atoms with van der Waals surface area (Å²) >= 11 is 1.04. The van der Waals surface area contributed by atoms with Gasteiger partial charge < -0.3 is 9.64 Å². The molecule has 1 N–H and O–H groups in total. The van der Waals surface area contributed by atoms with Crippen LogP contribution in [0.4, 0.5) is 4.79 Å². The van der Waals surface area contributed by atoms with E-state index in [4.69, 9.17) is 4.74 Å². The number of nitrogens with zero attached hydrogens (tertiary/aromatic N) is 1. The Morgan fingerprint density at radius 3 is 2.30 bits per heavy atom. The van der Waals surface area contributed by atoms with E-state index in [9.17, 15) is 19.2 Å². The maximum absolute atomic E-state index is 13.0. The van der Waals surface area contributed by atoms with Crippen molar-refractivity contribution >= 4 is 45.6 Å². The van der Waals surface area contributed by atoms with E-state index < -0.39 is 0 Å². The fourth-order valence-electron chi connectivity index (χ4n) is 4.71. The average molecular weight is 553 g/mol. The maximum Gasteiger partial charge on any atom is 0.308 e. The van der Waals surface area contributed by atoms with E-state index in [0.717, 1.165) is 50.4 Å². The molecule has 1 heterocycles. The Labute approximate surface area is 236 Å². The molecule has 5 rings (SSSR count). The third-order valence-electron chi connectivity index (χ3n) is 6.74. The molecule has 0 aromatic heterocycles. The zero-order valence-corrected chi connectivity index (χ0v) is 23.0. The number of benzene rings is 4. The van der Waals surface area contributed by atoms with Crippen LogP contribution in [0.1, 0.15) is 23.6 Å². The van der Waals surface area contributed by atoms with Gasteiger partial charge in [-0.25, -0.2) is 0 Å². The van der Waals surface area contributed by atoms with Crippen molar-refractivity contribution in [2.45, 2.75) is 31.6 Å². The number of rotatable bonds is 8. The van der Waals surface area contributed by atoms with E-state index in [2.05, 4.69) is 11.4 Å². The number of carbonyl (C=O) groups is 4. The lowest BCUT2D eigenvalue weighted by molar-refractivity contribution is -0.132. The summed E-state index contributed by atoms with van der Waals surface area (Å²) in [7, 11) is 1.80. The van der Waals surface area contributed by atoms with Crippen molar-refractivity contribution < 1.29 is 23.9 Å². The van der Waals surface area contributed by atoms with Gasteiger partial charge >= 0.3 is 5.97 Å². The number of nitrogens with one attached hydrogen (secondary N) is 1. The van der Waals surface area contributed by atoms with Gasteiger partial charge in [0.1, 0.15) is 5.75 Å². The normalized spacial score (nSPS) is 14.7. The number of thioether (sulfide) groups is 1. The minimum atomic E-state index is -0.385. The molecule has 1 saturated heterocycles. The molecule has 0 saturated carbocycles. The first-order valence-corrected chi connectivity index (χ1v) is 13.8. The number of hydrogen-bond acceptors (Lipinski definition) is 6. The lowest BCUT2D eigenvalue weighted by atomic mass is 10.00. The summed E-state index contributed by atoms with van der Waals surface area (Å²) < 4.78 is 5.15. The molecule has 1 aliphatic rings. The van der Waals surface area contributed by atoms with Crippen LogP contribution in [0.15, 0.2) is 84.9 Å². The summed E-state index contributed by atoms with van der Waals surface area (Å²) in [5.41, 5.74) is 5.00. The summed E-state index contributed by atoms with van der Waals surface area (Å²) in [5, 5.41) is 3.56. The van der Waals surface area contributed by atoms with Gasteiger partial charge in [-0.15, -0.1) is 0 Å². The number of imide groups is 1. The topological polar surface area (TPSA) is 92.8 Å². The molecule has 0 aliphatic carbocycles. The quantitative estimate of drug-likeness (QED) is 0.228. The van der Waals surface area contributed by atoms with Crippen LogP contribution in [0.3, 0.4) is 0 Å². The predicted octanol–water partition coefficient (Wildman–Crippen LogP) is 5.53. The Morgan fingerprint density at radius 1 is 0.850 bits per heavy atom. The van der Waals surface area contributed by atoms with Crippen LogP contribution >= 0.6 is 11.8 Å². The zero-order chi connectivity index (χ0) is 28.2. The fourth-order valence-corrected chi connectivity index (χ4v) is 5.57. The summed E-state index contributed by atoms with van der Waals surface area (Å²) in [4.78, 5) is 49.2. The van der Waals surface area contributed by atoms with Crippen molar-refractivity contribution in [1.82, 2.24) is 10.2 Å². The molecular weight excluding hydrogens is 524 g/mol. The van der Waals surface area contributed by atoms with Crippen molar-refractivity contribution in [3.63, 3.8) is 0 Å². The van der Waals surface area contributed by atoms with Gasteiger partial charge in [-0.2, -0.15) is 0 Å². The molecule has 0 spiro atoms. The van der Waals surface area contributed by atoms with Crippen molar-refractivity contribution in [1.29, 1.82) is 0 Å². The lowest BCUT2D eigenvalue weighted by Crippen LogP contribution is -2.27. The lowest BCUT2D eigenvalue weighted by Gasteiger charge is -2.18. The molecule has 1 fully saturated rings. The molecule has 4 aromatic rings. The molecular formula is C32H28N2O5S. The average Bonchev–Trinajstić information content (AvgIpc) is 3.24. The monoisotopic (exact) mass is 552 g/mol. The predicted molar refractivity (Wildman–Crippen MR) is 156 cm³/mol. The van der Waals surface area contributed by atoms with Gasteiger partial charge in [0, 0.05) is 20.5 Å². The van der Waals surface area contributed by atoms with Crippen LogP contribution < -0.4 is 10.1 Å². The zero-order valence-electron chi connectivity index (χ0n) is 22.2. The van der Waals surface area contributed by atoms with Crippen molar-refractivity contribution in [2.75, 3.05) is 7.05 Å². The molecule has 1 aliphatic heterocycles. The number of ether oxygens (including phenoxy) is 1. The minimum Gasteiger partial charge on any atom is -0.427 e. The summed E-state index contributed by atoms with van der Waals surface area (Å²) in [6.07, 6.45) is 0.782. The van der Waals surface area contributed by atoms with Crippen molar-refractivity contribution in [3.05, 3.63) is 102 Å². The number of likely N-dealkylation sites (N-methyl/N-ethyl adjacent to an activating group) is 1. The number of hydrogen-bond donors (Lipinski definition) is 1. The summed E-state index contributed by atoms with van der Waals surface area (Å²) in [6, 6.07) is 27.4. The van der Waals surface area contributed by atoms with E-state index in [1.165, 1.54) is 6.92 Å². The second-order valence-electron chi connectivity index (χ2n) is 9.85. The van der Waals surface area contributed by atoms with E-state index in [1.54, 1.807) is 18.0 Å². The Bertz CT molecular complexity index is 1620. The third-order valence-corrected chi connectivity index (χ3v) is 7.72. The van der Waals surface area contributed by atoms with E-state index in [0.29, 0.717) is 18.7 Å². The molecule has 8 heteroatoms. The molecule has 1 unspecified atom stereocenters. The van der Waals surface area contributed by atoms with Gasteiger partial charge in [-0.05, 0) is 63.2 Å². The van der Waals surface area contributed by atoms with Crippen LogP contribution in [-0.4, -0.2) is 40.2 Å². The van der Waals surface area contributed by atoms with Crippen LogP contribution in [0.5, 0.6) is 5.75 Å². The fraction of sp³-hybridized carbons (Fsp3) is 0.188. The smallest absolute Gasteiger partial charge is 0.308 e. The SMILES string of the molecule is CC(=O)Oc1ccc2cc(CC(=O)N(C)Cc3cccc(-c4ccc(CC5SC(=O)NC5=O)cc4)c3)ccc2c1. The molecule has 1 atom stereocenters. The van der Waals surface area contributed by atoms with Gasteiger partial charge in [0.2, 0.25) is 11.8 Å². The second kappa shape index (κ2) is 11.8. The molecule has 40 heavy (non-hydrogen) atoms. The molecule has 4 aromatic carbocycles. The van der Waals surface area contributed by atoms with Crippen LogP contribution in [-0.2, 0) is 33.8 Å². The third kappa shape index (κ3) is 6.58. The standard InChI is InChI=1S/C32H28N2O5S/c1-20(35)39-28-13-12-26-14-22(8-11-27(26)18-28)17-30(36)34(2)19-23-4-3-5-25(15-23)24-9-6-21(7-10-24)16-29-31(37)33-32(38)40-29/h3-15,18,29H,16-17,19H2,1-2H3,(H,33,37,38). The first kappa shape index (κ1) is 27.1. The summed E-state index contributed by atoms with van der Waals surface area (Å²) in [6.45, 7) is 1.85. The Hall–Kier alpha value is -4.43. The van der Waals surface area contributed by atoms with Crippen molar-refractivity contribution in [2.24, 2.45) is 0 Å². The highest BCUT2D eigenvalue weighted by molar-refractivity contribution is 8.15. The van der Waals surface area contributed by atoms with E-state index >= 15 is 0 Å². The number of fused-ring (bicyclic) bond motifs is 1. The highest BCUT2D eigenvalue weighted by Gasteiger charge is 2.31. The van der Waals surface area contributed by atoms with Crippen LogP contribution in [0.25, 0.3) is 21.9 Å². The Kier molecular flexibility index (Phi) is 7.98.